The average Bonchev–Trinajstić information content (AvgIpc) is 2.15. The second kappa shape index (κ2) is 4.40. The molecule has 0 aliphatic carbocycles. The fourth-order valence-corrected chi connectivity index (χ4v) is 0.997. The maximum atomic E-state index is 11.6. The first-order chi connectivity index (χ1) is 6.27. The summed E-state index contributed by atoms with van der Waals surface area (Å²) in [5, 5.41) is 9.24. The number of carbonyl (C=O) groups is 1. The van der Waals surface area contributed by atoms with Crippen molar-refractivity contribution in [3.8, 4) is 5.75 Å². The third kappa shape index (κ3) is 2.40. The SMILES string of the molecule is O=Cc1ccc(CC=CF)cc1O. The summed E-state index contributed by atoms with van der Waals surface area (Å²) in [5.74, 6) is -0.0697. The van der Waals surface area contributed by atoms with Crippen molar-refractivity contribution in [1.82, 2.24) is 0 Å². The van der Waals surface area contributed by atoms with Gasteiger partial charge in [0.25, 0.3) is 0 Å². The number of allylic oxidation sites excluding steroid dienone is 1. The number of carbonyl (C=O) groups excluding carboxylic acids is 1. The fourth-order valence-electron chi connectivity index (χ4n) is 0.997. The van der Waals surface area contributed by atoms with E-state index in [-0.39, 0.29) is 11.3 Å². The third-order valence-electron chi connectivity index (χ3n) is 1.66. The number of hydrogen-bond acceptors (Lipinski definition) is 2. The highest BCUT2D eigenvalue weighted by molar-refractivity contribution is 5.79. The molecule has 0 heterocycles. The van der Waals surface area contributed by atoms with Gasteiger partial charge in [0, 0.05) is 0 Å². The summed E-state index contributed by atoms with van der Waals surface area (Å²) >= 11 is 0. The predicted molar refractivity (Wildman–Crippen MR) is 47.4 cm³/mol. The van der Waals surface area contributed by atoms with Crippen LogP contribution in [-0.2, 0) is 6.42 Å². The van der Waals surface area contributed by atoms with Crippen molar-refractivity contribution in [2.75, 3.05) is 0 Å². The molecular weight excluding hydrogens is 171 g/mol. The molecule has 68 valence electrons. The zero-order valence-electron chi connectivity index (χ0n) is 6.90. The molecule has 0 spiro atoms. The molecule has 0 fully saturated rings. The first-order valence-corrected chi connectivity index (χ1v) is 3.80. The molecule has 0 radical (unpaired) electrons. The highest BCUT2D eigenvalue weighted by Gasteiger charge is 1.99. The Morgan fingerprint density at radius 3 is 2.77 bits per heavy atom. The lowest BCUT2D eigenvalue weighted by Gasteiger charge is -1.99. The van der Waals surface area contributed by atoms with E-state index in [1.807, 2.05) is 0 Å². The van der Waals surface area contributed by atoms with Gasteiger partial charge in [-0.2, -0.15) is 0 Å². The van der Waals surface area contributed by atoms with Crippen LogP contribution in [0.25, 0.3) is 0 Å². The molecule has 2 nitrogen and oxygen atoms in total. The zero-order chi connectivity index (χ0) is 9.68. The molecule has 0 aliphatic rings. The van der Waals surface area contributed by atoms with E-state index in [1.54, 1.807) is 6.07 Å². The molecule has 0 aliphatic heterocycles. The highest BCUT2D eigenvalue weighted by atomic mass is 19.1. The quantitative estimate of drug-likeness (QED) is 0.724. The van der Waals surface area contributed by atoms with Crippen LogP contribution in [0, 0.1) is 0 Å². The van der Waals surface area contributed by atoms with Gasteiger partial charge in [-0.3, -0.25) is 4.79 Å². The number of aldehydes is 1. The normalized spacial score (nSPS) is 10.5. The number of phenolic OH excluding ortho intramolecular Hbond substituents is 1. The summed E-state index contributed by atoms with van der Waals surface area (Å²) in [6.07, 6.45) is 2.76. The van der Waals surface area contributed by atoms with Gasteiger partial charge in [0.05, 0.1) is 11.9 Å². The molecule has 1 aromatic rings. The van der Waals surface area contributed by atoms with Crippen LogP contribution in [-0.4, -0.2) is 11.4 Å². The molecule has 13 heavy (non-hydrogen) atoms. The summed E-state index contributed by atoms with van der Waals surface area (Å²) in [6, 6.07) is 4.62. The third-order valence-corrected chi connectivity index (χ3v) is 1.66. The summed E-state index contributed by atoms with van der Waals surface area (Å²) in [5.41, 5.74) is 1.00. The Labute approximate surface area is 75.3 Å². The van der Waals surface area contributed by atoms with Crippen molar-refractivity contribution in [3.63, 3.8) is 0 Å². The van der Waals surface area contributed by atoms with Crippen LogP contribution in [0.3, 0.4) is 0 Å². The van der Waals surface area contributed by atoms with Gasteiger partial charge in [-0.05, 0) is 24.1 Å². The van der Waals surface area contributed by atoms with E-state index >= 15 is 0 Å². The molecule has 0 aromatic heterocycles. The van der Waals surface area contributed by atoms with Crippen molar-refractivity contribution in [1.29, 1.82) is 0 Å². The summed E-state index contributed by atoms with van der Waals surface area (Å²) in [7, 11) is 0. The van der Waals surface area contributed by atoms with Gasteiger partial charge < -0.3 is 5.11 Å². The Bertz CT molecular complexity index is 332. The Kier molecular flexibility index (Phi) is 3.20. The van der Waals surface area contributed by atoms with Crippen molar-refractivity contribution in [2.24, 2.45) is 0 Å². The zero-order valence-corrected chi connectivity index (χ0v) is 6.90. The molecular formula is C10H9FO2. The molecule has 1 rings (SSSR count). The fraction of sp³-hybridized carbons (Fsp3) is 0.100. The summed E-state index contributed by atoms with van der Waals surface area (Å²) in [6.45, 7) is 0. The van der Waals surface area contributed by atoms with Crippen LogP contribution in [0.15, 0.2) is 30.6 Å². The maximum absolute atomic E-state index is 11.6. The molecule has 0 bridgehead atoms. The van der Waals surface area contributed by atoms with E-state index in [9.17, 15) is 14.3 Å². The maximum Gasteiger partial charge on any atom is 0.153 e. The number of hydrogen-bond donors (Lipinski definition) is 1. The van der Waals surface area contributed by atoms with Crippen molar-refractivity contribution < 1.29 is 14.3 Å². The number of rotatable bonds is 3. The molecule has 0 saturated carbocycles. The predicted octanol–water partition coefficient (Wildman–Crippen LogP) is 2.23. The van der Waals surface area contributed by atoms with E-state index in [4.69, 9.17) is 0 Å². The second-order valence-corrected chi connectivity index (χ2v) is 2.58. The van der Waals surface area contributed by atoms with Crippen LogP contribution in [0.1, 0.15) is 15.9 Å². The van der Waals surface area contributed by atoms with E-state index in [2.05, 4.69) is 0 Å². The van der Waals surface area contributed by atoms with Gasteiger partial charge in [-0.15, -0.1) is 0 Å². The molecule has 3 heteroatoms. The number of halogens is 1. The summed E-state index contributed by atoms with van der Waals surface area (Å²) in [4.78, 5) is 10.3. The summed E-state index contributed by atoms with van der Waals surface area (Å²) < 4.78 is 11.6. The van der Waals surface area contributed by atoms with Gasteiger partial charge in [0.15, 0.2) is 6.29 Å². The second-order valence-electron chi connectivity index (χ2n) is 2.58. The van der Waals surface area contributed by atoms with E-state index in [0.29, 0.717) is 19.0 Å². The Hall–Kier alpha value is -1.64. The first kappa shape index (κ1) is 9.45. The van der Waals surface area contributed by atoms with Gasteiger partial charge in [-0.25, -0.2) is 4.39 Å². The number of benzene rings is 1. The lowest BCUT2D eigenvalue weighted by molar-refractivity contribution is 0.112. The lowest BCUT2D eigenvalue weighted by Crippen LogP contribution is -1.85. The van der Waals surface area contributed by atoms with E-state index in [1.165, 1.54) is 18.2 Å². The minimum absolute atomic E-state index is 0.0697. The van der Waals surface area contributed by atoms with Gasteiger partial charge in [-0.1, -0.05) is 12.1 Å². The van der Waals surface area contributed by atoms with Crippen molar-refractivity contribution >= 4 is 6.29 Å². The Balaban J connectivity index is 2.89. The monoisotopic (exact) mass is 180 g/mol. The van der Waals surface area contributed by atoms with Crippen LogP contribution >= 0.6 is 0 Å². The van der Waals surface area contributed by atoms with Gasteiger partial charge in [0.1, 0.15) is 5.75 Å². The van der Waals surface area contributed by atoms with Crippen LogP contribution < -0.4 is 0 Å². The van der Waals surface area contributed by atoms with Gasteiger partial charge in [0.2, 0.25) is 0 Å². The number of aromatic hydroxyl groups is 1. The minimum Gasteiger partial charge on any atom is -0.507 e. The van der Waals surface area contributed by atoms with Crippen LogP contribution in [0.5, 0.6) is 5.75 Å². The molecule has 1 N–H and O–H groups in total. The number of phenols is 1. The lowest BCUT2D eigenvalue weighted by atomic mass is 10.1. The average molecular weight is 180 g/mol. The van der Waals surface area contributed by atoms with E-state index in [0.717, 1.165) is 5.56 Å². The molecule has 0 saturated heterocycles. The highest BCUT2D eigenvalue weighted by Crippen LogP contribution is 2.17. The van der Waals surface area contributed by atoms with Gasteiger partial charge >= 0.3 is 0 Å². The smallest absolute Gasteiger partial charge is 0.153 e. The topological polar surface area (TPSA) is 37.3 Å². The molecule has 0 amide bonds. The standard InChI is InChI=1S/C10H9FO2/c11-5-1-2-8-3-4-9(7-12)10(13)6-8/h1,3-7,13H,2H2. The van der Waals surface area contributed by atoms with E-state index < -0.39 is 0 Å². The van der Waals surface area contributed by atoms with Crippen molar-refractivity contribution in [2.45, 2.75) is 6.42 Å². The molecule has 1 aromatic carbocycles. The van der Waals surface area contributed by atoms with Crippen molar-refractivity contribution in [3.05, 3.63) is 41.7 Å². The van der Waals surface area contributed by atoms with Crippen LogP contribution in [0.2, 0.25) is 0 Å². The molecule has 0 atom stereocenters. The first-order valence-electron chi connectivity index (χ1n) is 3.80. The minimum atomic E-state index is -0.0697. The molecule has 0 unspecified atom stereocenters. The Morgan fingerprint density at radius 2 is 2.23 bits per heavy atom. The largest absolute Gasteiger partial charge is 0.507 e. The Morgan fingerprint density at radius 1 is 1.46 bits per heavy atom. The van der Waals surface area contributed by atoms with Crippen LogP contribution in [0.4, 0.5) is 4.39 Å².